The Morgan fingerprint density at radius 2 is 1.96 bits per heavy atom. The number of esters is 1. The van der Waals surface area contributed by atoms with Crippen LogP contribution < -0.4 is 4.74 Å². The average Bonchev–Trinajstić information content (AvgIpc) is 3.06. The highest BCUT2D eigenvalue weighted by atomic mass is 32.2. The number of carbonyl (C=O) groups excluding carboxylic acids is 1. The normalized spacial score (nSPS) is 18.3. The molecule has 0 amide bonds. The highest BCUT2D eigenvalue weighted by molar-refractivity contribution is 7.89. The highest BCUT2D eigenvalue weighted by Crippen LogP contribution is 2.27. The first kappa shape index (κ1) is 18.2. The number of sulfonamides is 1. The summed E-state index contributed by atoms with van der Waals surface area (Å²) in [6.07, 6.45) is 0.916. The monoisotopic (exact) mass is 357 g/mol. The van der Waals surface area contributed by atoms with E-state index in [1.54, 1.807) is 0 Å². The largest absolute Gasteiger partial charge is 0.493 e. The number of carboxylic acid groups (broad SMARTS) is 1. The Hall–Kier alpha value is -2.13. The van der Waals surface area contributed by atoms with Crippen LogP contribution in [-0.2, 0) is 24.3 Å². The van der Waals surface area contributed by atoms with Crippen molar-refractivity contribution in [2.45, 2.75) is 30.2 Å². The fourth-order valence-corrected chi connectivity index (χ4v) is 4.12. The van der Waals surface area contributed by atoms with Crippen LogP contribution in [0.25, 0.3) is 0 Å². The van der Waals surface area contributed by atoms with Crippen LogP contribution in [0.1, 0.15) is 19.3 Å². The summed E-state index contributed by atoms with van der Waals surface area (Å²) in [6.45, 7) is 0.308. The molecule has 0 aromatic heterocycles. The maximum Gasteiger partial charge on any atom is 0.322 e. The zero-order valence-electron chi connectivity index (χ0n) is 13.2. The van der Waals surface area contributed by atoms with Crippen molar-refractivity contribution < 1.29 is 32.6 Å². The molecule has 1 N–H and O–H groups in total. The molecule has 8 nitrogen and oxygen atoms in total. The molecule has 0 spiro atoms. The molecule has 1 heterocycles. The maximum absolute atomic E-state index is 12.6. The van der Waals surface area contributed by atoms with Crippen LogP contribution in [-0.4, -0.2) is 56.1 Å². The lowest BCUT2D eigenvalue weighted by Crippen LogP contribution is -2.40. The maximum atomic E-state index is 12.6. The second kappa shape index (κ2) is 7.63. The molecule has 1 fully saturated rings. The summed E-state index contributed by atoms with van der Waals surface area (Å²) < 4.78 is 36.0. The van der Waals surface area contributed by atoms with Gasteiger partial charge in [0.15, 0.2) is 0 Å². The van der Waals surface area contributed by atoms with Crippen LogP contribution in [0.5, 0.6) is 5.75 Å². The summed E-state index contributed by atoms with van der Waals surface area (Å²) in [6, 6.07) is 4.64. The fraction of sp³-hybridized carbons (Fsp3) is 0.467. The average molecular weight is 357 g/mol. The molecule has 1 aliphatic heterocycles. The topological polar surface area (TPSA) is 110 Å². The SMILES string of the molecule is COC(=O)CCOc1ccc(S(=O)(=O)N2CCCC2C(=O)O)cc1. The van der Waals surface area contributed by atoms with Crippen LogP contribution in [0.15, 0.2) is 29.2 Å². The van der Waals surface area contributed by atoms with Crippen molar-refractivity contribution in [3.8, 4) is 5.75 Å². The molecule has 1 aromatic rings. The molecule has 2 rings (SSSR count). The molecule has 0 bridgehead atoms. The number of carbonyl (C=O) groups is 2. The van der Waals surface area contributed by atoms with Crippen molar-refractivity contribution in [3.05, 3.63) is 24.3 Å². The summed E-state index contributed by atoms with van der Waals surface area (Å²) >= 11 is 0. The Morgan fingerprint density at radius 1 is 1.29 bits per heavy atom. The number of carboxylic acids is 1. The molecule has 24 heavy (non-hydrogen) atoms. The van der Waals surface area contributed by atoms with E-state index in [2.05, 4.69) is 4.74 Å². The van der Waals surface area contributed by atoms with E-state index in [4.69, 9.17) is 9.84 Å². The van der Waals surface area contributed by atoms with Gasteiger partial charge in [-0.3, -0.25) is 9.59 Å². The van der Waals surface area contributed by atoms with Gasteiger partial charge in [0.1, 0.15) is 11.8 Å². The Balaban J connectivity index is 2.06. The van der Waals surface area contributed by atoms with Gasteiger partial charge in [-0.1, -0.05) is 0 Å². The van der Waals surface area contributed by atoms with Crippen molar-refractivity contribution in [3.63, 3.8) is 0 Å². The van der Waals surface area contributed by atoms with E-state index in [0.717, 1.165) is 4.31 Å². The van der Waals surface area contributed by atoms with Crippen LogP contribution in [0.4, 0.5) is 0 Å². The lowest BCUT2D eigenvalue weighted by Gasteiger charge is -2.21. The number of aliphatic carboxylic acids is 1. The molecule has 0 saturated carbocycles. The number of rotatable bonds is 7. The fourth-order valence-electron chi connectivity index (χ4n) is 2.47. The molecule has 0 aliphatic carbocycles. The molecule has 1 unspecified atom stereocenters. The van der Waals surface area contributed by atoms with Gasteiger partial charge in [-0.25, -0.2) is 8.42 Å². The van der Waals surface area contributed by atoms with Gasteiger partial charge in [0, 0.05) is 6.54 Å². The number of nitrogens with zero attached hydrogens (tertiary/aromatic N) is 1. The summed E-state index contributed by atoms with van der Waals surface area (Å²) in [5, 5.41) is 9.14. The van der Waals surface area contributed by atoms with E-state index in [0.29, 0.717) is 18.6 Å². The lowest BCUT2D eigenvalue weighted by atomic mass is 10.2. The number of ether oxygens (including phenoxy) is 2. The minimum Gasteiger partial charge on any atom is -0.493 e. The van der Waals surface area contributed by atoms with Crippen molar-refractivity contribution in [1.29, 1.82) is 0 Å². The van der Waals surface area contributed by atoms with Crippen molar-refractivity contribution >= 4 is 22.0 Å². The zero-order chi connectivity index (χ0) is 17.7. The lowest BCUT2D eigenvalue weighted by molar-refractivity contribution is -0.141. The number of hydrogen-bond acceptors (Lipinski definition) is 6. The van der Waals surface area contributed by atoms with Crippen LogP contribution in [0.2, 0.25) is 0 Å². The summed E-state index contributed by atoms with van der Waals surface area (Å²) in [5.74, 6) is -1.13. The van der Waals surface area contributed by atoms with E-state index >= 15 is 0 Å². The summed E-state index contributed by atoms with van der Waals surface area (Å²) in [5.41, 5.74) is 0. The predicted molar refractivity (Wildman–Crippen MR) is 83.1 cm³/mol. The molecule has 1 saturated heterocycles. The third kappa shape index (κ3) is 4.04. The second-order valence-electron chi connectivity index (χ2n) is 5.26. The van der Waals surface area contributed by atoms with E-state index in [1.165, 1.54) is 31.4 Å². The molecule has 9 heteroatoms. The van der Waals surface area contributed by atoms with Gasteiger partial charge >= 0.3 is 11.9 Å². The Bertz CT molecular complexity index is 699. The first-order valence-electron chi connectivity index (χ1n) is 7.40. The molecule has 0 radical (unpaired) electrons. The Labute approximate surface area is 140 Å². The number of benzene rings is 1. The first-order valence-corrected chi connectivity index (χ1v) is 8.84. The molecule has 132 valence electrons. The molecule has 1 aliphatic rings. The highest BCUT2D eigenvalue weighted by Gasteiger charge is 2.39. The molecular weight excluding hydrogens is 338 g/mol. The van der Waals surface area contributed by atoms with Crippen LogP contribution in [0.3, 0.4) is 0 Å². The van der Waals surface area contributed by atoms with E-state index < -0.39 is 28.0 Å². The van der Waals surface area contributed by atoms with Crippen molar-refractivity contribution in [2.75, 3.05) is 20.3 Å². The van der Waals surface area contributed by atoms with Gasteiger partial charge in [0.05, 0.1) is 25.0 Å². The standard InChI is InChI=1S/C15H19NO7S/c1-22-14(17)8-10-23-11-4-6-12(7-5-11)24(20,21)16-9-2-3-13(16)15(18)19/h4-7,13H,2-3,8-10H2,1H3,(H,18,19). The van der Waals surface area contributed by atoms with Gasteiger partial charge in [-0.15, -0.1) is 0 Å². The van der Waals surface area contributed by atoms with Gasteiger partial charge in [0.2, 0.25) is 10.0 Å². The number of methoxy groups -OCH3 is 1. The minimum absolute atomic E-state index is 0.0102. The summed E-state index contributed by atoms with van der Waals surface area (Å²) in [7, 11) is -2.58. The van der Waals surface area contributed by atoms with Crippen molar-refractivity contribution in [1.82, 2.24) is 4.31 Å². The van der Waals surface area contributed by atoms with Crippen LogP contribution in [0, 0.1) is 0 Å². The minimum atomic E-state index is -3.86. The third-order valence-corrected chi connectivity index (χ3v) is 5.64. The molecule has 1 aromatic carbocycles. The van der Waals surface area contributed by atoms with Gasteiger partial charge in [-0.2, -0.15) is 4.31 Å². The third-order valence-electron chi connectivity index (χ3n) is 3.72. The Kier molecular flexibility index (Phi) is 5.79. The predicted octanol–water partition coefficient (Wildman–Crippen LogP) is 0.866. The van der Waals surface area contributed by atoms with Gasteiger partial charge in [0.25, 0.3) is 0 Å². The molecule has 1 atom stereocenters. The molecular formula is C15H19NO7S. The summed E-state index contributed by atoms with van der Waals surface area (Å²) in [4.78, 5) is 22.2. The van der Waals surface area contributed by atoms with Gasteiger partial charge < -0.3 is 14.6 Å². The zero-order valence-corrected chi connectivity index (χ0v) is 14.0. The smallest absolute Gasteiger partial charge is 0.322 e. The van der Waals surface area contributed by atoms with Crippen LogP contribution >= 0.6 is 0 Å². The van der Waals surface area contributed by atoms with Crippen molar-refractivity contribution in [2.24, 2.45) is 0 Å². The van der Waals surface area contributed by atoms with E-state index in [9.17, 15) is 18.0 Å². The second-order valence-corrected chi connectivity index (χ2v) is 7.15. The van der Waals surface area contributed by atoms with Gasteiger partial charge in [-0.05, 0) is 37.1 Å². The van der Waals surface area contributed by atoms with E-state index in [-0.39, 0.29) is 24.5 Å². The first-order chi connectivity index (χ1) is 11.4. The quantitative estimate of drug-likeness (QED) is 0.721. The van der Waals surface area contributed by atoms with E-state index in [1.807, 2.05) is 0 Å². The number of hydrogen-bond donors (Lipinski definition) is 1. The Morgan fingerprint density at radius 3 is 2.54 bits per heavy atom.